The lowest BCUT2D eigenvalue weighted by Gasteiger charge is -2.17. The Hall–Kier alpha value is -1.07. The molecule has 2 N–H and O–H groups in total. The molecular formula is C14H20N2O2S. The zero-order valence-electron chi connectivity index (χ0n) is 10.9. The molecule has 1 aromatic heterocycles. The molecule has 1 aliphatic carbocycles. The Balaban J connectivity index is 1.67. The van der Waals surface area contributed by atoms with E-state index in [4.69, 9.17) is 0 Å². The largest absolute Gasteiger partial charge is 0.396 e. The molecule has 2 unspecified atom stereocenters. The van der Waals surface area contributed by atoms with Gasteiger partial charge in [0.2, 0.25) is 5.91 Å². The smallest absolute Gasteiger partial charge is 0.230 e. The predicted molar refractivity (Wildman–Crippen MR) is 75.9 cm³/mol. The van der Waals surface area contributed by atoms with Crippen LogP contribution in [0.5, 0.6) is 0 Å². The third-order valence-electron chi connectivity index (χ3n) is 3.63. The van der Waals surface area contributed by atoms with Crippen LogP contribution in [0, 0.1) is 11.8 Å². The molecule has 5 heteroatoms. The molecule has 1 aromatic rings. The number of aliphatic hydroxyl groups is 1. The van der Waals surface area contributed by atoms with E-state index < -0.39 is 0 Å². The summed E-state index contributed by atoms with van der Waals surface area (Å²) in [5.74, 6) is 1.30. The van der Waals surface area contributed by atoms with Crippen LogP contribution in [0.15, 0.2) is 29.4 Å². The van der Waals surface area contributed by atoms with Gasteiger partial charge < -0.3 is 10.4 Å². The molecular weight excluding hydrogens is 260 g/mol. The van der Waals surface area contributed by atoms with E-state index in [2.05, 4.69) is 10.3 Å². The topological polar surface area (TPSA) is 62.2 Å². The van der Waals surface area contributed by atoms with E-state index in [0.717, 1.165) is 24.2 Å². The van der Waals surface area contributed by atoms with Gasteiger partial charge in [0.25, 0.3) is 0 Å². The summed E-state index contributed by atoms with van der Waals surface area (Å²) in [4.78, 5) is 16.8. The van der Waals surface area contributed by atoms with Gasteiger partial charge in [-0.3, -0.25) is 9.78 Å². The van der Waals surface area contributed by atoms with Gasteiger partial charge in [-0.05, 0) is 36.8 Å². The molecule has 104 valence electrons. The minimum Gasteiger partial charge on any atom is -0.396 e. The first-order chi connectivity index (χ1) is 9.29. The van der Waals surface area contributed by atoms with E-state index in [1.54, 1.807) is 12.4 Å². The molecule has 0 bridgehead atoms. The molecule has 0 aromatic carbocycles. The van der Waals surface area contributed by atoms with Gasteiger partial charge in [-0.25, -0.2) is 0 Å². The van der Waals surface area contributed by atoms with Crippen LogP contribution in [-0.4, -0.2) is 34.9 Å². The van der Waals surface area contributed by atoms with Gasteiger partial charge in [-0.2, -0.15) is 0 Å². The zero-order valence-corrected chi connectivity index (χ0v) is 11.7. The minimum atomic E-state index is 0.0606. The van der Waals surface area contributed by atoms with E-state index in [1.807, 2.05) is 12.1 Å². The lowest BCUT2D eigenvalue weighted by Crippen LogP contribution is -2.32. The number of carbonyl (C=O) groups is 1. The summed E-state index contributed by atoms with van der Waals surface area (Å²) in [5, 5.41) is 12.2. The first-order valence-electron chi connectivity index (χ1n) is 6.70. The molecule has 0 radical (unpaired) electrons. The second kappa shape index (κ2) is 7.50. The highest BCUT2D eigenvalue weighted by Crippen LogP contribution is 2.30. The number of thioether (sulfide) groups is 1. The number of amides is 1. The molecule has 2 rings (SSSR count). The van der Waals surface area contributed by atoms with Crippen molar-refractivity contribution in [1.29, 1.82) is 0 Å². The van der Waals surface area contributed by atoms with E-state index in [9.17, 15) is 9.90 Å². The molecule has 1 aliphatic rings. The van der Waals surface area contributed by atoms with Gasteiger partial charge >= 0.3 is 0 Å². The Morgan fingerprint density at radius 2 is 2.11 bits per heavy atom. The van der Waals surface area contributed by atoms with Crippen LogP contribution in [-0.2, 0) is 4.79 Å². The highest BCUT2D eigenvalue weighted by atomic mass is 32.2. The summed E-state index contributed by atoms with van der Waals surface area (Å²) in [5.41, 5.74) is 0. The van der Waals surface area contributed by atoms with Crippen LogP contribution >= 0.6 is 11.8 Å². The summed E-state index contributed by atoms with van der Waals surface area (Å²) in [6.45, 7) is 0.938. The lowest BCUT2D eigenvalue weighted by atomic mass is 9.97. The molecule has 19 heavy (non-hydrogen) atoms. The molecule has 0 spiro atoms. The Morgan fingerprint density at radius 1 is 1.37 bits per heavy atom. The highest BCUT2D eigenvalue weighted by Gasteiger charge is 2.26. The predicted octanol–water partition coefficient (Wildman–Crippen LogP) is 1.70. The summed E-state index contributed by atoms with van der Waals surface area (Å²) in [6, 6.07) is 3.80. The maximum absolute atomic E-state index is 11.8. The van der Waals surface area contributed by atoms with Crippen molar-refractivity contribution in [2.75, 3.05) is 18.9 Å². The Bertz CT molecular complexity index is 400. The second-order valence-electron chi connectivity index (χ2n) is 4.91. The van der Waals surface area contributed by atoms with E-state index in [1.165, 1.54) is 11.8 Å². The number of rotatable bonds is 6. The van der Waals surface area contributed by atoms with E-state index >= 15 is 0 Å². The molecule has 1 heterocycles. The number of hydrogen-bond acceptors (Lipinski definition) is 4. The Kier molecular flexibility index (Phi) is 5.66. The van der Waals surface area contributed by atoms with Crippen molar-refractivity contribution in [1.82, 2.24) is 10.3 Å². The maximum Gasteiger partial charge on any atom is 0.230 e. The van der Waals surface area contributed by atoms with Crippen molar-refractivity contribution in [3.05, 3.63) is 24.5 Å². The third kappa shape index (κ3) is 4.51. The van der Waals surface area contributed by atoms with Crippen LogP contribution < -0.4 is 5.32 Å². The van der Waals surface area contributed by atoms with Crippen molar-refractivity contribution in [3.63, 3.8) is 0 Å². The van der Waals surface area contributed by atoms with Gasteiger partial charge in [0, 0.05) is 30.4 Å². The molecule has 1 saturated carbocycles. The van der Waals surface area contributed by atoms with Gasteiger partial charge in [0.1, 0.15) is 0 Å². The van der Waals surface area contributed by atoms with Gasteiger partial charge in [-0.15, -0.1) is 11.8 Å². The zero-order chi connectivity index (χ0) is 13.5. The monoisotopic (exact) mass is 280 g/mol. The summed E-state index contributed by atoms with van der Waals surface area (Å²) in [6.07, 6.45) is 6.82. The summed E-state index contributed by atoms with van der Waals surface area (Å²) in [7, 11) is 0. The number of hydrogen-bond donors (Lipinski definition) is 2. The molecule has 4 nitrogen and oxygen atoms in total. The summed E-state index contributed by atoms with van der Waals surface area (Å²) < 4.78 is 0. The Morgan fingerprint density at radius 3 is 2.84 bits per heavy atom. The molecule has 0 saturated heterocycles. The van der Waals surface area contributed by atoms with Crippen LogP contribution in [0.4, 0.5) is 0 Å². The van der Waals surface area contributed by atoms with Crippen molar-refractivity contribution in [2.24, 2.45) is 11.8 Å². The average Bonchev–Trinajstić information content (AvgIpc) is 2.91. The van der Waals surface area contributed by atoms with Crippen LogP contribution in [0.1, 0.15) is 19.3 Å². The fourth-order valence-electron chi connectivity index (χ4n) is 2.50. The van der Waals surface area contributed by atoms with Crippen LogP contribution in [0.2, 0.25) is 0 Å². The van der Waals surface area contributed by atoms with Crippen molar-refractivity contribution in [2.45, 2.75) is 24.2 Å². The number of nitrogens with one attached hydrogen (secondary N) is 1. The van der Waals surface area contributed by atoms with Crippen molar-refractivity contribution < 1.29 is 9.90 Å². The highest BCUT2D eigenvalue weighted by molar-refractivity contribution is 8.00. The van der Waals surface area contributed by atoms with Gasteiger partial charge in [0.05, 0.1) is 5.75 Å². The SMILES string of the molecule is O=C(CSc1ccncc1)NCC1CCCC1CO. The first-order valence-corrected chi connectivity index (χ1v) is 7.68. The molecule has 1 fully saturated rings. The van der Waals surface area contributed by atoms with E-state index in [0.29, 0.717) is 24.1 Å². The van der Waals surface area contributed by atoms with E-state index in [-0.39, 0.29) is 12.5 Å². The fraction of sp³-hybridized carbons (Fsp3) is 0.571. The maximum atomic E-state index is 11.8. The van der Waals surface area contributed by atoms with Gasteiger partial charge in [-0.1, -0.05) is 6.42 Å². The number of pyridine rings is 1. The standard InChI is InChI=1S/C14H20N2O2S/c17-9-12-3-1-2-11(12)8-16-14(18)10-19-13-4-6-15-7-5-13/h4-7,11-12,17H,1-3,8-10H2,(H,16,18). The quantitative estimate of drug-likeness (QED) is 0.779. The number of nitrogens with zero attached hydrogens (tertiary/aromatic N) is 1. The van der Waals surface area contributed by atoms with Gasteiger partial charge in [0.15, 0.2) is 0 Å². The fourth-order valence-corrected chi connectivity index (χ4v) is 3.22. The molecule has 2 atom stereocenters. The van der Waals surface area contributed by atoms with Crippen molar-refractivity contribution >= 4 is 17.7 Å². The number of aromatic nitrogens is 1. The third-order valence-corrected chi connectivity index (χ3v) is 4.64. The lowest BCUT2D eigenvalue weighted by molar-refractivity contribution is -0.118. The van der Waals surface area contributed by atoms with Crippen molar-refractivity contribution in [3.8, 4) is 0 Å². The molecule has 0 aliphatic heterocycles. The molecule has 1 amide bonds. The minimum absolute atomic E-state index is 0.0606. The number of carbonyl (C=O) groups excluding carboxylic acids is 1. The van der Waals surface area contributed by atoms with Crippen LogP contribution in [0.3, 0.4) is 0 Å². The first kappa shape index (κ1) is 14.3. The normalized spacial score (nSPS) is 22.4. The number of aliphatic hydroxyl groups excluding tert-OH is 1. The Labute approximate surface area is 118 Å². The van der Waals surface area contributed by atoms with Crippen LogP contribution in [0.25, 0.3) is 0 Å². The summed E-state index contributed by atoms with van der Waals surface area (Å²) >= 11 is 1.52. The average molecular weight is 280 g/mol. The second-order valence-corrected chi connectivity index (χ2v) is 5.96.